The summed E-state index contributed by atoms with van der Waals surface area (Å²) in [5.74, 6) is 0.509. The summed E-state index contributed by atoms with van der Waals surface area (Å²) in [6.07, 6.45) is 2.14. The van der Waals surface area contributed by atoms with E-state index in [1.165, 1.54) is 0 Å². The van der Waals surface area contributed by atoms with Crippen LogP contribution in [0.4, 0.5) is 11.4 Å². The van der Waals surface area contributed by atoms with Crippen molar-refractivity contribution < 1.29 is 19.1 Å². The molecule has 4 rings (SSSR count). The van der Waals surface area contributed by atoms with Gasteiger partial charge in [-0.2, -0.15) is 0 Å². The van der Waals surface area contributed by atoms with Gasteiger partial charge in [-0.15, -0.1) is 0 Å². The van der Waals surface area contributed by atoms with Gasteiger partial charge in [-0.25, -0.2) is 4.79 Å². The zero-order valence-corrected chi connectivity index (χ0v) is 18.7. The fourth-order valence-electron chi connectivity index (χ4n) is 4.14. The van der Waals surface area contributed by atoms with Gasteiger partial charge in [-0.05, 0) is 76.9 Å². The van der Waals surface area contributed by atoms with Crippen LogP contribution in [0.25, 0.3) is 0 Å². The van der Waals surface area contributed by atoms with Gasteiger partial charge in [-0.1, -0.05) is 0 Å². The largest absolute Gasteiger partial charge is 0.489 e. The second kappa shape index (κ2) is 8.25. The lowest BCUT2D eigenvalue weighted by atomic mass is 10.0. The number of anilines is 2. The van der Waals surface area contributed by atoms with Gasteiger partial charge < -0.3 is 19.3 Å². The molecule has 0 saturated carbocycles. The standard InChI is InChI=1S/C25H30N2O4/c1-17-20(23(28)26-13-5-6-14-26)11-12-21-22(17)30-16-15-27(21)19-9-7-18(8-10-19)24(29)31-25(2,3)4/h7-12H,5-6,13-16H2,1-4H3. The fourth-order valence-corrected chi connectivity index (χ4v) is 4.14. The molecule has 2 aliphatic heterocycles. The van der Waals surface area contributed by atoms with E-state index < -0.39 is 5.60 Å². The van der Waals surface area contributed by atoms with Gasteiger partial charge >= 0.3 is 5.97 Å². The van der Waals surface area contributed by atoms with Gasteiger partial charge in [0.2, 0.25) is 0 Å². The molecule has 2 aromatic rings. The van der Waals surface area contributed by atoms with Crippen molar-refractivity contribution >= 4 is 23.3 Å². The van der Waals surface area contributed by atoms with Crippen molar-refractivity contribution in [2.45, 2.75) is 46.1 Å². The van der Waals surface area contributed by atoms with Crippen LogP contribution >= 0.6 is 0 Å². The second-order valence-corrected chi connectivity index (χ2v) is 9.13. The monoisotopic (exact) mass is 422 g/mol. The third kappa shape index (κ3) is 4.38. The number of carbonyl (C=O) groups is 2. The van der Waals surface area contributed by atoms with E-state index in [0.29, 0.717) is 24.3 Å². The molecule has 0 unspecified atom stereocenters. The van der Waals surface area contributed by atoms with Gasteiger partial charge in [0.15, 0.2) is 0 Å². The van der Waals surface area contributed by atoms with Crippen LogP contribution in [0.3, 0.4) is 0 Å². The molecule has 2 heterocycles. The molecule has 0 bridgehead atoms. The number of amides is 1. The second-order valence-electron chi connectivity index (χ2n) is 9.13. The number of fused-ring (bicyclic) bond motifs is 1. The van der Waals surface area contributed by atoms with Crippen LogP contribution in [0.5, 0.6) is 5.75 Å². The molecule has 0 aromatic heterocycles. The first-order chi connectivity index (χ1) is 14.7. The molecule has 2 aliphatic rings. The summed E-state index contributed by atoms with van der Waals surface area (Å²) >= 11 is 0. The highest BCUT2D eigenvalue weighted by molar-refractivity contribution is 5.98. The van der Waals surface area contributed by atoms with Crippen LogP contribution in [0.15, 0.2) is 36.4 Å². The number of likely N-dealkylation sites (tertiary alicyclic amines) is 1. The van der Waals surface area contributed by atoms with Crippen molar-refractivity contribution in [1.82, 2.24) is 4.90 Å². The van der Waals surface area contributed by atoms with E-state index in [1.807, 2.05) is 56.9 Å². The summed E-state index contributed by atoms with van der Waals surface area (Å²) in [7, 11) is 0. The fraction of sp³-hybridized carbons (Fsp3) is 0.440. The third-order valence-corrected chi connectivity index (χ3v) is 5.67. The Bertz CT molecular complexity index is 986. The van der Waals surface area contributed by atoms with Crippen LogP contribution in [0, 0.1) is 6.92 Å². The first kappa shape index (κ1) is 21.2. The lowest BCUT2D eigenvalue weighted by molar-refractivity contribution is 0.00694. The van der Waals surface area contributed by atoms with E-state index in [2.05, 4.69) is 4.90 Å². The van der Waals surface area contributed by atoms with Crippen molar-refractivity contribution in [3.05, 3.63) is 53.1 Å². The molecule has 0 aliphatic carbocycles. The van der Waals surface area contributed by atoms with Crippen LogP contribution in [-0.2, 0) is 4.74 Å². The summed E-state index contributed by atoms with van der Waals surface area (Å²) in [5.41, 5.74) is 3.49. The van der Waals surface area contributed by atoms with E-state index >= 15 is 0 Å². The Morgan fingerprint density at radius 2 is 1.65 bits per heavy atom. The topological polar surface area (TPSA) is 59.1 Å². The predicted molar refractivity (Wildman–Crippen MR) is 120 cm³/mol. The molecule has 164 valence electrons. The van der Waals surface area contributed by atoms with E-state index in [0.717, 1.165) is 48.6 Å². The Balaban J connectivity index is 1.59. The minimum atomic E-state index is -0.527. The summed E-state index contributed by atoms with van der Waals surface area (Å²) in [4.78, 5) is 29.3. The first-order valence-corrected chi connectivity index (χ1v) is 10.9. The average molecular weight is 423 g/mol. The zero-order valence-electron chi connectivity index (χ0n) is 18.7. The molecule has 31 heavy (non-hydrogen) atoms. The van der Waals surface area contributed by atoms with E-state index in [4.69, 9.17) is 9.47 Å². The molecule has 2 aromatic carbocycles. The van der Waals surface area contributed by atoms with Crippen LogP contribution in [0.1, 0.15) is 59.9 Å². The summed E-state index contributed by atoms with van der Waals surface area (Å²) in [5, 5.41) is 0. The Hall–Kier alpha value is -3.02. The van der Waals surface area contributed by atoms with Gasteiger partial charge in [-0.3, -0.25) is 4.79 Å². The van der Waals surface area contributed by atoms with Crippen LogP contribution < -0.4 is 9.64 Å². The van der Waals surface area contributed by atoms with Gasteiger partial charge in [0.25, 0.3) is 5.91 Å². The van der Waals surface area contributed by atoms with Crippen molar-refractivity contribution in [3.63, 3.8) is 0 Å². The SMILES string of the molecule is Cc1c(C(=O)N2CCCC2)ccc2c1OCCN2c1ccc(C(=O)OC(C)(C)C)cc1. The molecule has 1 amide bonds. The van der Waals surface area contributed by atoms with Gasteiger partial charge in [0.1, 0.15) is 18.0 Å². The highest BCUT2D eigenvalue weighted by Crippen LogP contribution is 2.40. The number of hydrogen-bond donors (Lipinski definition) is 0. The maximum absolute atomic E-state index is 12.9. The molecule has 0 spiro atoms. The minimum absolute atomic E-state index is 0.0836. The normalized spacial score (nSPS) is 16.0. The Morgan fingerprint density at radius 3 is 2.29 bits per heavy atom. The molecular weight excluding hydrogens is 392 g/mol. The molecular formula is C25H30N2O4. The summed E-state index contributed by atoms with van der Waals surface area (Å²) < 4.78 is 11.4. The van der Waals surface area contributed by atoms with Crippen LogP contribution in [0.2, 0.25) is 0 Å². The Morgan fingerprint density at radius 1 is 0.968 bits per heavy atom. The first-order valence-electron chi connectivity index (χ1n) is 10.9. The Labute approximate surface area is 183 Å². The lowest BCUT2D eigenvalue weighted by Crippen LogP contribution is -2.31. The van der Waals surface area contributed by atoms with E-state index in [9.17, 15) is 9.59 Å². The number of rotatable bonds is 3. The minimum Gasteiger partial charge on any atom is -0.489 e. The Kier molecular flexibility index (Phi) is 5.65. The number of hydrogen-bond acceptors (Lipinski definition) is 5. The van der Waals surface area contributed by atoms with Crippen molar-refractivity contribution in [1.29, 1.82) is 0 Å². The average Bonchev–Trinajstić information content (AvgIpc) is 3.27. The molecule has 1 fully saturated rings. The number of benzene rings is 2. The van der Waals surface area contributed by atoms with Gasteiger partial charge in [0, 0.05) is 29.9 Å². The number of esters is 1. The molecule has 6 nitrogen and oxygen atoms in total. The lowest BCUT2D eigenvalue weighted by Gasteiger charge is -2.33. The summed E-state index contributed by atoms with van der Waals surface area (Å²) in [6.45, 7) is 10.4. The maximum Gasteiger partial charge on any atom is 0.338 e. The highest BCUT2D eigenvalue weighted by Gasteiger charge is 2.27. The zero-order chi connectivity index (χ0) is 22.2. The quantitative estimate of drug-likeness (QED) is 0.670. The van der Waals surface area contributed by atoms with E-state index in [-0.39, 0.29) is 11.9 Å². The predicted octanol–water partition coefficient (Wildman–Crippen LogP) is 4.72. The smallest absolute Gasteiger partial charge is 0.338 e. The van der Waals surface area contributed by atoms with E-state index in [1.54, 1.807) is 12.1 Å². The van der Waals surface area contributed by atoms with Crippen molar-refractivity contribution in [2.75, 3.05) is 31.1 Å². The van der Waals surface area contributed by atoms with Crippen LogP contribution in [-0.4, -0.2) is 48.6 Å². The maximum atomic E-state index is 12.9. The molecule has 0 atom stereocenters. The highest BCUT2D eigenvalue weighted by atomic mass is 16.6. The number of carbonyl (C=O) groups excluding carboxylic acids is 2. The van der Waals surface area contributed by atoms with Crippen molar-refractivity contribution in [3.8, 4) is 5.75 Å². The molecule has 6 heteroatoms. The van der Waals surface area contributed by atoms with Crippen molar-refractivity contribution in [2.24, 2.45) is 0 Å². The summed E-state index contributed by atoms with van der Waals surface area (Å²) in [6, 6.07) is 11.3. The molecule has 0 radical (unpaired) electrons. The third-order valence-electron chi connectivity index (χ3n) is 5.67. The molecule has 1 saturated heterocycles. The van der Waals surface area contributed by atoms with Gasteiger partial charge in [0.05, 0.1) is 17.8 Å². The number of nitrogens with zero attached hydrogens (tertiary/aromatic N) is 2. The molecule has 0 N–H and O–H groups in total. The number of ether oxygens (including phenoxy) is 2.